The van der Waals surface area contributed by atoms with Gasteiger partial charge in [-0.3, -0.25) is 4.79 Å². The van der Waals surface area contributed by atoms with Gasteiger partial charge in [-0.2, -0.15) is 8.78 Å². The van der Waals surface area contributed by atoms with Crippen LogP contribution in [0.4, 0.5) is 8.78 Å². The first kappa shape index (κ1) is 18.6. The van der Waals surface area contributed by atoms with Gasteiger partial charge in [-0.05, 0) is 24.6 Å². The Bertz CT molecular complexity index is 433. The maximum atomic E-state index is 12.1. The average molecular weight is 309 g/mol. The number of nitrogens with two attached hydrogens (primary N) is 1. The summed E-state index contributed by atoms with van der Waals surface area (Å²) in [5, 5.41) is 2.77. The van der Waals surface area contributed by atoms with Gasteiger partial charge in [0.2, 0.25) is 5.91 Å². The van der Waals surface area contributed by atoms with Crippen LogP contribution in [0.1, 0.15) is 25.5 Å². The first-order valence-electron chi connectivity index (χ1n) is 5.99. The molecule has 2 atom stereocenters. The van der Waals surface area contributed by atoms with E-state index in [0.29, 0.717) is 5.56 Å². The van der Waals surface area contributed by atoms with Crippen molar-refractivity contribution in [2.75, 3.05) is 6.54 Å². The highest BCUT2D eigenvalue weighted by Gasteiger charge is 2.15. The molecule has 7 heteroatoms. The van der Waals surface area contributed by atoms with E-state index in [-0.39, 0.29) is 42.6 Å². The smallest absolute Gasteiger partial charge is 0.387 e. The standard InChI is InChI=1S/C13H18F2N2O2.ClH/c1-8(7-16)12(18)17-9(2)10-4-3-5-11(6-10)19-13(14)15;/h3-6,8-9,13H,7,16H2,1-2H3,(H,17,18);1H. The van der Waals surface area contributed by atoms with Gasteiger partial charge in [0.25, 0.3) is 0 Å². The summed E-state index contributed by atoms with van der Waals surface area (Å²) < 4.78 is 28.5. The summed E-state index contributed by atoms with van der Waals surface area (Å²) in [6.07, 6.45) is 0. The second kappa shape index (κ2) is 8.71. The molecule has 0 aromatic heterocycles. The third kappa shape index (κ3) is 5.71. The van der Waals surface area contributed by atoms with Crippen LogP contribution in [-0.4, -0.2) is 19.1 Å². The van der Waals surface area contributed by atoms with Gasteiger partial charge in [0.15, 0.2) is 0 Å². The van der Waals surface area contributed by atoms with Crippen molar-refractivity contribution in [2.45, 2.75) is 26.5 Å². The van der Waals surface area contributed by atoms with Crippen LogP contribution in [0.5, 0.6) is 5.75 Å². The fraction of sp³-hybridized carbons (Fsp3) is 0.462. The maximum absolute atomic E-state index is 12.1. The fourth-order valence-corrected chi connectivity index (χ4v) is 1.51. The van der Waals surface area contributed by atoms with Gasteiger partial charge >= 0.3 is 6.61 Å². The minimum absolute atomic E-state index is 0. The third-order valence-corrected chi connectivity index (χ3v) is 2.74. The molecule has 0 heterocycles. The molecular weight excluding hydrogens is 290 g/mol. The lowest BCUT2D eigenvalue weighted by Gasteiger charge is -2.17. The molecule has 3 N–H and O–H groups in total. The molecule has 1 aromatic rings. The number of ether oxygens (including phenoxy) is 1. The average Bonchev–Trinajstić information content (AvgIpc) is 2.37. The molecule has 0 aliphatic heterocycles. The maximum Gasteiger partial charge on any atom is 0.387 e. The lowest BCUT2D eigenvalue weighted by Crippen LogP contribution is -2.34. The summed E-state index contributed by atoms with van der Waals surface area (Å²) in [6, 6.07) is 5.94. The van der Waals surface area contributed by atoms with Gasteiger partial charge in [0.05, 0.1) is 6.04 Å². The number of amides is 1. The number of benzene rings is 1. The molecule has 20 heavy (non-hydrogen) atoms. The fourth-order valence-electron chi connectivity index (χ4n) is 1.51. The summed E-state index contributed by atoms with van der Waals surface area (Å²) >= 11 is 0. The molecule has 1 aromatic carbocycles. The second-order valence-electron chi connectivity index (χ2n) is 4.32. The molecule has 2 unspecified atom stereocenters. The Hall–Kier alpha value is -1.40. The molecule has 4 nitrogen and oxygen atoms in total. The number of halogens is 3. The van der Waals surface area contributed by atoms with Gasteiger partial charge < -0.3 is 15.8 Å². The minimum atomic E-state index is -2.86. The Morgan fingerprint density at radius 2 is 2.05 bits per heavy atom. The Morgan fingerprint density at radius 1 is 1.40 bits per heavy atom. The normalized spacial score (nSPS) is 13.3. The molecule has 0 saturated heterocycles. The van der Waals surface area contributed by atoms with Crippen LogP contribution in [0.2, 0.25) is 0 Å². The van der Waals surface area contributed by atoms with Crippen molar-refractivity contribution in [1.29, 1.82) is 0 Å². The molecule has 0 aliphatic rings. The van der Waals surface area contributed by atoms with Crippen LogP contribution in [0.3, 0.4) is 0 Å². The SMILES string of the molecule is CC(CN)C(=O)NC(C)c1cccc(OC(F)F)c1.Cl. The van der Waals surface area contributed by atoms with E-state index in [9.17, 15) is 13.6 Å². The molecule has 0 bridgehead atoms. The zero-order chi connectivity index (χ0) is 14.4. The zero-order valence-corrected chi connectivity index (χ0v) is 12.1. The topological polar surface area (TPSA) is 64.4 Å². The number of alkyl halides is 2. The first-order chi connectivity index (χ1) is 8.93. The van der Waals surface area contributed by atoms with Crippen LogP contribution in [-0.2, 0) is 4.79 Å². The number of nitrogens with one attached hydrogen (secondary N) is 1. The van der Waals surface area contributed by atoms with Crippen molar-refractivity contribution in [1.82, 2.24) is 5.32 Å². The van der Waals surface area contributed by atoms with E-state index in [0.717, 1.165) is 0 Å². The van der Waals surface area contributed by atoms with E-state index in [1.165, 1.54) is 12.1 Å². The molecule has 1 rings (SSSR count). The number of carbonyl (C=O) groups is 1. The van der Waals surface area contributed by atoms with Crippen molar-refractivity contribution in [3.63, 3.8) is 0 Å². The monoisotopic (exact) mass is 308 g/mol. The van der Waals surface area contributed by atoms with Crippen LogP contribution in [0.25, 0.3) is 0 Å². The van der Waals surface area contributed by atoms with Crippen molar-refractivity contribution in [3.8, 4) is 5.75 Å². The Morgan fingerprint density at radius 3 is 2.60 bits per heavy atom. The van der Waals surface area contributed by atoms with Crippen molar-refractivity contribution < 1.29 is 18.3 Å². The second-order valence-corrected chi connectivity index (χ2v) is 4.32. The highest BCUT2D eigenvalue weighted by molar-refractivity contribution is 5.85. The highest BCUT2D eigenvalue weighted by atomic mass is 35.5. The largest absolute Gasteiger partial charge is 0.435 e. The van der Waals surface area contributed by atoms with Gasteiger partial charge in [0.1, 0.15) is 5.75 Å². The van der Waals surface area contributed by atoms with E-state index in [1.807, 2.05) is 0 Å². The van der Waals surface area contributed by atoms with Crippen LogP contribution < -0.4 is 15.8 Å². The summed E-state index contributed by atoms with van der Waals surface area (Å²) in [5.41, 5.74) is 6.09. The number of carbonyl (C=O) groups excluding carboxylic acids is 1. The van der Waals surface area contributed by atoms with Gasteiger partial charge in [-0.15, -0.1) is 12.4 Å². The molecule has 1 amide bonds. The van der Waals surface area contributed by atoms with Crippen LogP contribution >= 0.6 is 12.4 Å². The van der Waals surface area contributed by atoms with Gasteiger partial charge in [-0.1, -0.05) is 19.1 Å². The van der Waals surface area contributed by atoms with Gasteiger partial charge in [0, 0.05) is 12.5 Å². The predicted octanol–water partition coefficient (Wildman–Crippen LogP) is 2.48. The molecule has 0 spiro atoms. The number of hydrogen-bond acceptors (Lipinski definition) is 3. The Kier molecular flexibility index (Phi) is 8.10. The number of hydrogen-bond donors (Lipinski definition) is 2. The van der Waals surface area contributed by atoms with Crippen molar-refractivity contribution in [3.05, 3.63) is 29.8 Å². The number of rotatable bonds is 6. The van der Waals surface area contributed by atoms with E-state index in [4.69, 9.17) is 5.73 Å². The van der Waals surface area contributed by atoms with Crippen molar-refractivity contribution in [2.24, 2.45) is 11.7 Å². The zero-order valence-electron chi connectivity index (χ0n) is 11.3. The summed E-state index contributed by atoms with van der Waals surface area (Å²) in [7, 11) is 0. The Labute approximate surface area is 123 Å². The summed E-state index contributed by atoms with van der Waals surface area (Å²) in [5.74, 6) is -0.390. The lowest BCUT2D eigenvalue weighted by atomic mass is 10.1. The van der Waals surface area contributed by atoms with Crippen LogP contribution in [0, 0.1) is 5.92 Å². The summed E-state index contributed by atoms with van der Waals surface area (Å²) in [4.78, 5) is 11.7. The van der Waals surface area contributed by atoms with Crippen LogP contribution in [0.15, 0.2) is 24.3 Å². The molecule has 0 aliphatic carbocycles. The molecule has 0 fully saturated rings. The predicted molar refractivity (Wildman–Crippen MR) is 75.1 cm³/mol. The molecule has 0 radical (unpaired) electrons. The molecular formula is C13H19ClF2N2O2. The van der Waals surface area contributed by atoms with Crippen molar-refractivity contribution >= 4 is 18.3 Å². The van der Waals surface area contributed by atoms with E-state index < -0.39 is 6.61 Å². The first-order valence-corrected chi connectivity index (χ1v) is 5.99. The molecule has 0 saturated carbocycles. The summed E-state index contributed by atoms with van der Waals surface area (Å²) in [6.45, 7) is 0.881. The highest BCUT2D eigenvalue weighted by Crippen LogP contribution is 2.20. The molecule has 114 valence electrons. The quantitative estimate of drug-likeness (QED) is 0.848. The Balaban J connectivity index is 0.00000361. The van der Waals surface area contributed by atoms with E-state index in [1.54, 1.807) is 26.0 Å². The third-order valence-electron chi connectivity index (χ3n) is 2.74. The van der Waals surface area contributed by atoms with E-state index >= 15 is 0 Å². The van der Waals surface area contributed by atoms with Gasteiger partial charge in [-0.25, -0.2) is 0 Å². The lowest BCUT2D eigenvalue weighted by molar-refractivity contribution is -0.124. The van der Waals surface area contributed by atoms with E-state index in [2.05, 4.69) is 10.1 Å². The minimum Gasteiger partial charge on any atom is -0.435 e.